The molecule has 1 heterocycles. The fourth-order valence-corrected chi connectivity index (χ4v) is 4.11. The van der Waals surface area contributed by atoms with Crippen LogP contribution in [-0.2, 0) is 5.41 Å². The van der Waals surface area contributed by atoms with E-state index in [-0.39, 0.29) is 27.9 Å². The lowest BCUT2D eigenvalue weighted by Gasteiger charge is -2.40. The van der Waals surface area contributed by atoms with Gasteiger partial charge in [0.05, 0.1) is 5.69 Å². The van der Waals surface area contributed by atoms with Crippen molar-refractivity contribution in [2.75, 3.05) is 6.54 Å². The molecule has 0 bridgehead atoms. The van der Waals surface area contributed by atoms with Crippen LogP contribution in [0, 0.1) is 24.2 Å². The van der Waals surface area contributed by atoms with Gasteiger partial charge in [0.2, 0.25) is 0 Å². The number of carbonyl (C=O) groups is 1. The van der Waals surface area contributed by atoms with Crippen LogP contribution in [0.25, 0.3) is 0 Å². The minimum Gasteiger partial charge on any atom is -0.352 e. The van der Waals surface area contributed by atoms with Crippen LogP contribution in [-0.4, -0.2) is 22.4 Å². The highest BCUT2D eigenvalue weighted by Gasteiger charge is 2.34. The Morgan fingerprint density at radius 2 is 1.77 bits per heavy atom. The van der Waals surface area contributed by atoms with Crippen LogP contribution in [0.4, 0.5) is 0 Å². The summed E-state index contributed by atoms with van der Waals surface area (Å²) in [6, 6.07) is 0. The second kappa shape index (κ2) is 7.53. The predicted molar refractivity (Wildman–Crippen MR) is 106 cm³/mol. The molecular weight excluding hydrogens is 326 g/mol. The van der Waals surface area contributed by atoms with Gasteiger partial charge in [0.25, 0.3) is 11.5 Å². The Morgan fingerprint density at radius 3 is 2.31 bits per heavy atom. The lowest BCUT2D eigenvalue weighted by atomic mass is 9.66. The van der Waals surface area contributed by atoms with Crippen LogP contribution in [0.2, 0.25) is 0 Å². The molecule has 2 rings (SSSR count). The molecule has 1 amide bonds. The number of hydrogen-bond donors (Lipinski definition) is 2. The third-order valence-corrected chi connectivity index (χ3v) is 5.58. The van der Waals surface area contributed by atoms with Crippen LogP contribution in [0.15, 0.2) is 4.79 Å². The average molecular weight is 362 g/mol. The van der Waals surface area contributed by atoms with Crippen molar-refractivity contribution >= 4 is 5.91 Å². The number of aromatic nitrogens is 2. The van der Waals surface area contributed by atoms with Gasteiger partial charge < -0.3 is 10.3 Å². The van der Waals surface area contributed by atoms with E-state index in [1.165, 1.54) is 19.3 Å². The van der Waals surface area contributed by atoms with E-state index in [1.807, 2.05) is 20.8 Å². The molecule has 5 heteroatoms. The van der Waals surface area contributed by atoms with Crippen LogP contribution in [0.3, 0.4) is 0 Å². The van der Waals surface area contributed by atoms with E-state index in [1.54, 1.807) is 6.92 Å². The van der Waals surface area contributed by atoms with E-state index in [4.69, 9.17) is 0 Å². The van der Waals surface area contributed by atoms with Crippen LogP contribution < -0.4 is 10.9 Å². The molecule has 1 saturated carbocycles. The van der Waals surface area contributed by atoms with Gasteiger partial charge in [-0.15, -0.1) is 0 Å². The molecule has 0 aliphatic heterocycles. The minimum atomic E-state index is -0.351. The van der Waals surface area contributed by atoms with Crippen LogP contribution in [0.1, 0.15) is 89.1 Å². The first-order valence-corrected chi connectivity index (χ1v) is 9.81. The maximum Gasteiger partial charge on any atom is 0.264 e. The number of aromatic amines is 1. The third kappa shape index (κ3) is 4.74. The topological polar surface area (TPSA) is 74.8 Å². The fourth-order valence-electron chi connectivity index (χ4n) is 4.11. The zero-order chi connectivity index (χ0) is 19.7. The number of carbonyl (C=O) groups excluding carboxylic acids is 1. The van der Waals surface area contributed by atoms with Crippen molar-refractivity contribution in [2.24, 2.45) is 17.3 Å². The molecule has 26 heavy (non-hydrogen) atoms. The van der Waals surface area contributed by atoms with Gasteiger partial charge in [0.15, 0.2) is 0 Å². The second-order valence-corrected chi connectivity index (χ2v) is 9.85. The first kappa shape index (κ1) is 20.7. The van der Waals surface area contributed by atoms with E-state index in [0.29, 0.717) is 29.9 Å². The summed E-state index contributed by atoms with van der Waals surface area (Å²) in [6.07, 6.45) is 4.84. The first-order valence-electron chi connectivity index (χ1n) is 9.81. The monoisotopic (exact) mass is 361 g/mol. The van der Waals surface area contributed by atoms with Crippen molar-refractivity contribution in [2.45, 2.75) is 79.6 Å². The quantitative estimate of drug-likeness (QED) is 0.856. The Kier molecular flexibility index (Phi) is 5.99. The van der Waals surface area contributed by atoms with Crippen molar-refractivity contribution in [3.8, 4) is 0 Å². The standard InChI is InChI=1S/C21H35N3O2/c1-13-16(18(26)24-19(23-13)21(5,6)7)17(25)22-12-14-10-8-9-11-15(14)20(2,3)4/h14-15H,8-12H2,1-7H3,(H,22,25)(H,23,24,26). The number of nitrogens with one attached hydrogen (secondary N) is 2. The van der Waals surface area contributed by atoms with Gasteiger partial charge in [0.1, 0.15) is 11.4 Å². The molecule has 146 valence electrons. The van der Waals surface area contributed by atoms with Crippen LogP contribution >= 0.6 is 0 Å². The van der Waals surface area contributed by atoms with Crippen molar-refractivity contribution in [1.29, 1.82) is 0 Å². The summed E-state index contributed by atoms with van der Waals surface area (Å²) in [5.41, 5.74) is 0.254. The number of nitrogens with zero attached hydrogens (tertiary/aromatic N) is 1. The molecule has 0 radical (unpaired) electrons. The lowest BCUT2D eigenvalue weighted by molar-refractivity contribution is 0.0855. The lowest BCUT2D eigenvalue weighted by Crippen LogP contribution is -2.41. The predicted octanol–water partition coefficient (Wildman–Crippen LogP) is 3.96. The van der Waals surface area contributed by atoms with E-state index in [9.17, 15) is 9.59 Å². The summed E-state index contributed by atoms with van der Waals surface area (Å²) >= 11 is 0. The van der Waals surface area contributed by atoms with Crippen LogP contribution in [0.5, 0.6) is 0 Å². The molecule has 2 unspecified atom stereocenters. The Bertz CT molecular complexity index is 707. The van der Waals surface area contributed by atoms with E-state index < -0.39 is 0 Å². The van der Waals surface area contributed by atoms with Crippen molar-refractivity contribution in [3.63, 3.8) is 0 Å². The molecule has 1 aromatic heterocycles. The number of amides is 1. The van der Waals surface area contributed by atoms with Gasteiger partial charge in [-0.1, -0.05) is 54.4 Å². The highest BCUT2D eigenvalue weighted by Crippen LogP contribution is 2.41. The highest BCUT2D eigenvalue weighted by molar-refractivity contribution is 5.94. The fraction of sp³-hybridized carbons (Fsp3) is 0.762. The number of aryl methyl sites for hydroxylation is 1. The molecular formula is C21H35N3O2. The summed E-state index contributed by atoms with van der Waals surface area (Å²) in [5, 5.41) is 3.01. The maximum absolute atomic E-state index is 12.7. The molecule has 0 saturated heterocycles. The van der Waals surface area contributed by atoms with Gasteiger partial charge in [-0.2, -0.15) is 0 Å². The smallest absolute Gasteiger partial charge is 0.264 e. The largest absolute Gasteiger partial charge is 0.352 e. The summed E-state index contributed by atoms with van der Waals surface area (Å²) < 4.78 is 0. The molecule has 1 fully saturated rings. The SMILES string of the molecule is Cc1nc(C(C)(C)C)[nH]c(=O)c1C(=O)NCC1CCCCC1C(C)(C)C. The number of H-pyrrole nitrogens is 1. The van der Waals surface area contributed by atoms with Gasteiger partial charge in [-0.3, -0.25) is 9.59 Å². The van der Waals surface area contributed by atoms with Gasteiger partial charge in [-0.05, 0) is 37.0 Å². The summed E-state index contributed by atoms with van der Waals surface area (Å²) in [7, 11) is 0. The molecule has 2 atom stereocenters. The molecule has 0 aromatic carbocycles. The molecule has 0 spiro atoms. The Balaban J connectivity index is 2.14. The molecule has 1 aliphatic rings. The number of hydrogen-bond acceptors (Lipinski definition) is 3. The molecule has 5 nitrogen and oxygen atoms in total. The third-order valence-electron chi connectivity index (χ3n) is 5.58. The van der Waals surface area contributed by atoms with Gasteiger partial charge >= 0.3 is 0 Å². The Labute approximate surface area is 157 Å². The van der Waals surface area contributed by atoms with Crippen molar-refractivity contribution in [3.05, 3.63) is 27.4 Å². The second-order valence-electron chi connectivity index (χ2n) is 9.85. The van der Waals surface area contributed by atoms with Crippen molar-refractivity contribution in [1.82, 2.24) is 15.3 Å². The van der Waals surface area contributed by atoms with Gasteiger partial charge in [0, 0.05) is 12.0 Å². The zero-order valence-electron chi connectivity index (χ0n) is 17.5. The van der Waals surface area contributed by atoms with E-state index >= 15 is 0 Å². The minimum absolute atomic E-state index is 0.140. The van der Waals surface area contributed by atoms with E-state index in [2.05, 4.69) is 36.1 Å². The van der Waals surface area contributed by atoms with Crippen molar-refractivity contribution < 1.29 is 4.79 Å². The average Bonchev–Trinajstić information content (AvgIpc) is 2.50. The molecule has 2 N–H and O–H groups in total. The normalized spacial score (nSPS) is 21.5. The maximum atomic E-state index is 12.7. The molecule has 1 aliphatic carbocycles. The summed E-state index contributed by atoms with van der Waals surface area (Å²) in [5.74, 6) is 1.36. The molecule has 1 aromatic rings. The van der Waals surface area contributed by atoms with Gasteiger partial charge in [-0.25, -0.2) is 4.98 Å². The Hall–Kier alpha value is -1.65. The summed E-state index contributed by atoms with van der Waals surface area (Å²) in [6.45, 7) is 15.2. The highest BCUT2D eigenvalue weighted by atomic mass is 16.2. The first-order chi connectivity index (χ1) is 11.9. The van der Waals surface area contributed by atoms with E-state index in [0.717, 1.165) is 6.42 Å². The Morgan fingerprint density at radius 1 is 1.15 bits per heavy atom. The number of rotatable bonds is 3. The zero-order valence-corrected chi connectivity index (χ0v) is 17.5. The summed E-state index contributed by atoms with van der Waals surface area (Å²) in [4.78, 5) is 32.4.